The van der Waals surface area contributed by atoms with Gasteiger partial charge in [0.25, 0.3) is 0 Å². The number of hydrogen-bond acceptors (Lipinski definition) is 4. The molecule has 1 atom stereocenters. The lowest BCUT2D eigenvalue weighted by atomic mass is 10.2. The summed E-state index contributed by atoms with van der Waals surface area (Å²) in [6.45, 7) is 7.21. The predicted octanol–water partition coefficient (Wildman–Crippen LogP) is -0.746. The first-order valence-corrected chi connectivity index (χ1v) is 6.65. The first-order valence-electron chi connectivity index (χ1n) is 6.65. The van der Waals surface area contributed by atoms with E-state index in [1.54, 1.807) is 14.0 Å². The molecule has 0 aliphatic carbocycles. The van der Waals surface area contributed by atoms with Gasteiger partial charge in [0.15, 0.2) is 0 Å². The molecule has 3 N–H and O–H groups in total. The zero-order chi connectivity index (χ0) is 14.3. The van der Waals surface area contributed by atoms with Crippen LogP contribution in [0.3, 0.4) is 0 Å². The van der Waals surface area contributed by atoms with E-state index in [2.05, 4.69) is 15.5 Å². The molecule has 0 radical (unpaired) electrons. The molecule has 0 aromatic carbocycles. The first-order chi connectivity index (χ1) is 9.00. The Labute approximate surface area is 113 Å². The summed E-state index contributed by atoms with van der Waals surface area (Å²) in [4.78, 5) is 26.1. The molecule has 1 rings (SSSR count). The third-order valence-electron chi connectivity index (χ3n) is 3.23. The van der Waals surface area contributed by atoms with Gasteiger partial charge in [-0.25, -0.2) is 4.79 Å². The second-order valence-corrected chi connectivity index (χ2v) is 4.94. The highest BCUT2D eigenvalue weighted by molar-refractivity contribution is 5.75. The van der Waals surface area contributed by atoms with Crippen LogP contribution in [-0.2, 0) is 4.79 Å². The van der Waals surface area contributed by atoms with Crippen LogP contribution in [0.4, 0.5) is 4.79 Å². The van der Waals surface area contributed by atoms with Gasteiger partial charge in [-0.2, -0.15) is 0 Å². The van der Waals surface area contributed by atoms with E-state index >= 15 is 0 Å². The Kier molecular flexibility index (Phi) is 6.58. The summed E-state index contributed by atoms with van der Waals surface area (Å²) in [6, 6.07) is -0.219. The van der Waals surface area contributed by atoms with Crippen LogP contribution in [0.15, 0.2) is 0 Å². The number of carbonyl (C=O) groups is 2. The van der Waals surface area contributed by atoms with Crippen LogP contribution >= 0.6 is 0 Å². The number of nitrogens with zero attached hydrogens (tertiary/aromatic N) is 2. The maximum absolute atomic E-state index is 11.7. The number of amides is 2. The molecule has 1 saturated heterocycles. The third kappa shape index (κ3) is 5.89. The Morgan fingerprint density at radius 2 is 2.05 bits per heavy atom. The molecular weight excluding hydrogens is 248 g/mol. The largest absolute Gasteiger partial charge is 0.481 e. The molecule has 19 heavy (non-hydrogen) atoms. The molecule has 0 bridgehead atoms. The molecule has 0 saturated carbocycles. The molecule has 1 unspecified atom stereocenters. The molecule has 7 heteroatoms. The monoisotopic (exact) mass is 272 g/mol. The number of carbonyl (C=O) groups excluding carboxylic acids is 1. The van der Waals surface area contributed by atoms with E-state index in [4.69, 9.17) is 5.11 Å². The Morgan fingerprint density at radius 1 is 1.42 bits per heavy atom. The van der Waals surface area contributed by atoms with Gasteiger partial charge < -0.3 is 20.6 Å². The highest BCUT2D eigenvalue weighted by Crippen LogP contribution is 1.98. The number of urea groups is 1. The standard InChI is InChI=1S/C12H24N4O3/c1-10(11(17)18)9-15(2)12(19)14-5-8-16-6-3-13-4-7-16/h10,13H,3-9H2,1-2H3,(H,14,19)(H,17,18). The summed E-state index contributed by atoms with van der Waals surface area (Å²) >= 11 is 0. The minimum atomic E-state index is -0.888. The molecule has 0 spiro atoms. The van der Waals surface area contributed by atoms with E-state index in [9.17, 15) is 9.59 Å². The normalized spacial score (nSPS) is 17.8. The average Bonchev–Trinajstić information content (AvgIpc) is 2.39. The molecule has 1 heterocycles. The fourth-order valence-electron chi connectivity index (χ4n) is 1.96. The molecule has 1 aliphatic heterocycles. The van der Waals surface area contributed by atoms with Crippen molar-refractivity contribution in [1.29, 1.82) is 0 Å². The number of carboxylic acid groups (broad SMARTS) is 1. The second kappa shape index (κ2) is 7.96. The van der Waals surface area contributed by atoms with Gasteiger partial charge in [-0.15, -0.1) is 0 Å². The average molecular weight is 272 g/mol. The SMILES string of the molecule is CC(CN(C)C(=O)NCCN1CCNCC1)C(=O)O. The number of hydrogen-bond donors (Lipinski definition) is 3. The lowest BCUT2D eigenvalue weighted by Crippen LogP contribution is -2.48. The Morgan fingerprint density at radius 3 is 2.63 bits per heavy atom. The molecule has 0 aromatic rings. The van der Waals surface area contributed by atoms with Gasteiger partial charge in [0.1, 0.15) is 0 Å². The van der Waals surface area contributed by atoms with Crippen molar-refractivity contribution in [1.82, 2.24) is 20.4 Å². The molecule has 1 fully saturated rings. The van der Waals surface area contributed by atoms with Gasteiger partial charge in [-0.05, 0) is 0 Å². The highest BCUT2D eigenvalue weighted by atomic mass is 16.4. The van der Waals surface area contributed by atoms with Crippen LogP contribution in [0.1, 0.15) is 6.92 Å². The maximum atomic E-state index is 11.7. The number of piperazine rings is 1. The lowest BCUT2D eigenvalue weighted by molar-refractivity contribution is -0.141. The fourth-order valence-corrected chi connectivity index (χ4v) is 1.96. The van der Waals surface area contributed by atoms with Crippen LogP contribution in [-0.4, -0.2) is 79.8 Å². The van der Waals surface area contributed by atoms with Crippen molar-refractivity contribution in [3.05, 3.63) is 0 Å². The van der Waals surface area contributed by atoms with E-state index < -0.39 is 11.9 Å². The van der Waals surface area contributed by atoms with Crippen molar-refractivity contribution in [2.45, 2.75) is 6.92 Å². The summed E-state index contributed by atoms with van der Waals surface area (Å²) in [7, 11) is 1.61. The van der Waals surface area contributed by atoms with Crippen molar-refractivity contribution in [3.8, 4) is 0 Å². The van der Waals surface area contributed by atoms with Gasteiger partial charge in [0, 0.05) is 52.9 Å². The van der Waals surface area contributed by atoms with E-state index in [0.717, 1.165) is 32.7 Å². The first kappa shape index (κ1) is 15.7. The Bertz CT molecular complexity index is 305. The minimum absolute atomic E-state index is 0.217. The molecule has 1 aliphatic rings. The van der Waals surface area contributed by atoms with Gasteiger partial charge >= 0.3 is 12.0 Å². The van der Waals surface area contributed by atoms with E-state index in [0.29, 0.717) is 6.54 Å². The Balaban J connectivity index is 2.17. The zero-order valence-corrected chi connectivity index (χ0v) is 11.7. The number of nitrogens with one attached hydrogen (secondary N) is 2. The number of rotatable bonds is 6. The van der Waals surface area contributed by atoms with Gasteiger partial charge in [-0.3, -0.25) is 9.69 Å². The Hall–Kier alpha value is -1.34. The van der Waals surface area contributed by atoms with Crippen molar-refractivity contribution in [3.63, 3.8) is 0 Å². The van der Waals surface area contributed by atoms with Crippen molar-refractivity contribution < 1.29 is 14.7 Å². The van der Waals surface area contributed by atoms with Crippen molar-refractivity contribution in [2.75, 3.05) is 52.9 Å². The predicted molar refractivity (Wildman–Crippen MR) is 72.1 cm³/mol. The summed E-state index contributed by atoms with van der Waals surface area (Å²) in [5.41, 5.74) is 0. The molecule has 0 aromatic heterocycles. The lowest BCUT2D eigenvalue weighted by Gasteiger charge is -2.27. The van der Waals surface area contributed by atoms with Crippen LogP contribution in [0.2, 0.25) is 0 Å². The quantitative estimate of drug-likeness (QED) is 0.593. The zero-order valence-electron chi connectivity index (χ0n) is 11.7. The maximum Gasteiger partial charge on any atom is 0.317 e. The summed E-state index contributed by atoms with van der Waals surface area (Å²) in [5, 5.41) is 14.9. The van der Waals surface area contributed by atoms with Crippen LogP contribution in [0.5, 0.6) is 0 Å². The van der Waals surface area contributed by atoms with Gasteiger partial charge in [0.05, 0.1) is 5.92 Å². The molecule has 2 amide bonds. The molecular formula is C12H24N4O3. The third-order valence-corrected chi connectivity index (χ3v) is 3.23. The van der Waals surface area contributed by atoms with Crippen molar-refractivity contribution >= 4 is 12.0 Å². The topological polar surface area (TPSA) is 84.9 Å². The smallest absolute Gasteiger partial charge is 0.317 e. The highest BCUT2D eigenvalue weighted by Gasteiger charge is 2.17. The number of aliphatic carboxylic acids is 1. The summed E-state index contributed by atoms with van der Waals surface area (Å²) < 4.78 is 0. The fraction of sp³-hybridized carbons (Fsp3) is 0.833. The van der Waals surface area contributed by atoms with Gasteiger partial charge in [-0.1, -0.05) is 6.92 Å². The van der Waals surface area contributed by atoms with E-state index in [-0.39, 0.29) is 12.6 Å². The minimum Gasteiger partial charge on any atom is -0.481 e. The number of carboxylic acids is 1. The second-order valence-electron chi connectivity index (χ2n) is 4.94. The molecule has 7 nitrogen and oxygen atoms in total. The van der Waals surface area contributed by atoms with E-state index in [1.807, 2.05) is 0 Å². The summed E-state index contributed by atoms with van der Waals surface area (Å²) in [6.07, 6.45) is 0. The van der Waals surface area contributed by atoms with Gasteiger partial charge in [0.2, 0.25) is 0 Å². The van der Waals surface area contributed by atoms with Crippen molar-refractivity contribution in [2.24, 2.45) is 5.92 Å². The van der Waals surface area contributed by atoms with Crippen LogP contribution in [0.25, 0.3) is 0 Å². The molecule has 110 valence electrons. The van der Waals surface area contributed by atoms with Crippen LogP contribution < -0.4 is 10.6 Å². The summed E-state index contributed by atoms with van der Waals surface area (Å²) in [5.74, 6) is -1.44. The van der Waals surface area contributed by atoms with Crippen LogP contribution in [0, 0.1) is 5.92 Å². The van der Waals surface area contributed by atoms with E-state index in [1.165, 1.54) is 4.90 Å².